The van der Waals surface area contributed by atoms with Gasteiger partial charge in [0.25, 0.3) is 5.92 Å². The molecule has 2 N–H and O–H groups in total. The number of carbonyl (C=O) groups excluding carboxylic acids is 1. The van der Waals surface area contributed by atoms with Crippen LogP contribution in [0.15, 0.2) is 0 Å². The molecule has 0 aromatic rings. The second kappa shape index (κ2) is 4.28. The summed E-state index contributed by atoms with van der Waals surface area (Å²) in [5.41, 5.74) is 5.48. The third-order valence-electron chi connectivity index (χ3n) is 3.01. The maximum absolute atomic E-state index is 12.9. The summed E-state index contributed by atoms with van der Waals surface area (Å²) in [6.45, 7) is 5.82. The van der Waals surface area contributed by atoms with Crippen LogP contribution >= 0.6 is 0 Å². The minimum Gasteiger partial charge on any atom is -0.341 e. The Hall–Kier alpha value is -0.710. The number of alkyl halides is 2. The number of hydrogen-bond donors (Lipinski definition) is 1. The number of hydrogen-bond acceptors (Lipinski definition) is 2. The number of piperidine rings is 1. The molecule has 1 saturated heterocycles. The van der Waals surface area contributed by atoms with E-state index in [4.69, 9.17) is 5.73 Å². The quantitative estimate of drug-likeness (QED) is 0.749. The van der Waals surface area contributed by atoms with Crippen LogP contribution in [0.3, 0.4) is 0 Å². The van der Waals surface area contributed by atoms with Crippen molar-refractivity contribution in [3.63, 3.8) is 0 Å². The molecule has 1 fully saturated rings. The molecule has 1 atom stereocenters. The SMILES string of the molecule is CC(C)(C)[C@@H](N)C(=O)N1CCC(F)(F)CC1. The van der Waals surface area contributed by atoms with Crippen LogP contribution in [0.5, 0.6) is 0 Å². The topological polar surface area (TPSA) is 46.3 Å². The molecular formula is C11H20F2N2O. The van der Waals surface area contributed by atoms with Gasteiger partial charge in [0.2, 0.25) is 5.91 Å². The molecule has 5 heteroatoms. The summed E-state index contributed by atoms with van der Waals surface area (Å²) in [5, 5.41) is 0. The van der Waals surface area contributed by atoms with Crippen molar-refractivity contribution in [1.29, 1.82) is 0 Å². The Kier molecular flexibility index (Phi) is 3.57. The highest BCUT2D eigenvalue weighted by Gasteiger charge is 2.38. The molecule has 0 saturated carbocycles. The Morgan fingerprint density at radius 1 is 1.31 bits per heavy atom. The molecule has 1 aliphatic heterocycles. The van der Waals surface area contributed by atoms with Gasteiger partial charge in [-0.3, -0.25) is 4.79 Å². The van der Waals surface area contributed by atoms with E-state index in [0.29, 0.717) is 0 Å². The van der Waals surface area contributed by atoms with Gasteiger partial charge in [-0.05, 0) is 5.41 Å². The van der Waals surface area contributed by atoms with Crippen LogP contribution in [0.4, 0.5) is 8.78 Å². The second-order valence-electron chi connectivity index (χ2n) is 5.52. The highest BCUT2D eigenvalue weighted by atomic mass is 19.3. The maximum atomic E-state index is 12.9. The predicted octanol–water partition coefficient (Wildman–Crippen LogP) is 1.62. The lowest BCUT2D eigenvalue weighted by Crippen LogP contribution is -2.53. The number of halogens is 2. The standard InChI is InChI=1S/C11H20F2N2O/c1-10(2,3)8(14)9(16)15-6-4-11(12,13)5-7-15/h8H,4-7,14H2,1-3H3/t8-/m0/s1. The molecule has 0 unspecified atom stereocenters. The number of nitrogens with zero attached hydrogens (tertiary/aromatic N) is 1. The van der Waals surface area contributed by atoms with Crippen molar-refractivity contribution >= 4 is 5.91 Å². The zero-order chi connectivity index (χ0) is 12.6. The molecule has 0 aliphatic carbocycles. The zero-order valence-electron chi connectivity index (χ0n) is 10.1. The lowest BCUT2D eigenvalue weighted by atomic mass is 9.86. The predicted molar refractivity (Wildman–Crippen MR) is 58.2 cm³/mol. The Morgan fingerprint density at radius 2 is 1.75 bits per heavy atom. The summed E-state index contributed by atoms with van der Waals surface area (Å²) in [6.07, 6.45) is -0.509. The normalized spacial score (nSPS) is 23.0. The minimum absolute atomic E-state index is 0.107. The van der Waals surface area contributed by atoms with Gasteiger partial charge in [-0.25, -0.2) is 8.78 Å². The van der Waals surface area contributed by atoms with Gasteiger partial charge in [0.15, 0.2) is 0 Å². The minimum atomic E-state index is -2.62. The average molecular weight is 234 g/mol. The van der Waals surface area contributed by atoms with Crippen molar-refractivity contribution in [2.45, 2.75) is 45.6 Å². The van der Waals surface area contributed by atoms with Crippen LogP contribution in [0.1, 0.15) is 33.6 Å². The van der Waals surface area contributed by atoms with Crippen molar-refractivity contribution in [2.24, 2.45) is 11.1 Å². The number of likely N-dealkylation sites (tertiary alicyclic amines) is 1. The van der Waals surface area contributed by atoms with Crippen molar-refractivity contribution in [3.05, 3.63) is 0 Å². The molecular weight excluding hydrogens is 214 g/mol. The highest BCUT2D eigenvalue weighted by Crippen LogP contribution is 2.29. The van der Waals surface area contributed by atoms with Crippen molar-refractivity contribution in [2.75, 3.05) is 13.1 Å². The van der Waals surface area contributed by atoms with Crippen molar-refractivity contribution in [1.82, 2.24) is 4.90 Å². The third-order valence-corrected chi connectivity index (χ3v) is 3.01. The summed E-state index contributed by atoms with van der Waals surface area (Å²) < 4.78 is 25.8. The van der Waals surface area contributed by atoms with Crippen LogP contribution in [0, 0.1) is 5.41 Å². The maximum Gasteiger partial charge on any atom is 0.251 e. The first kappa shape index (κ1) is 13.4. The van der Waals surface area contributed by atoms with Crippen LogP contribution < -0.4 is 5.73 Å². The van der Waals surface area contributed by atoms with Gasteiger partial charge in [-0.1, -0.05) is 20.8 Å². The van der Waals surface area contributed by atoms with E-state index in [1.165, 1.54) is 4.90 Å². The van der Waals surface area contributed by atoms with Gasteiger partial charge in [0.1, 0.15) is 0 Å². The summed E-state index contributed by atoms with van der Waals surface area (Å²) in [5.74, 6) is -2.84. The highest BCUT2D eigenvalue weighted by molar-refractivity contribution is 5.82. The van der Waals surface area contributed by atoms with E-state index in [0.717, 1.165) is 0 Å². The van der Waals surface area contributed by atoms with Crippen LogP contribution in [-0.2, 0) is 4.79 Å². The van der Waals surface area contributed by atoms with E-state index in [-0.39, 0.29) is 37.3 Å². The number of carbonyl (C=O) groups is 1. The smallest absolute Gasteiger partial charge is 0.251 e. The number of nitrogens with two attached hydrogens (primary N) is 1. The molecule has 0 aromatic heterocycles. The fourth-order valence-corrected chi connectivity index (χ4v) is 1.62. The molecule has 3 nitrogen and oxygen atoms in total. The summed E-state index contributed by atoms with van der Waals surface area (Å²) in [6, 6.07) is -0.626. The van der Waals surface area contributed by atoms with E-state index in [2.05, 4.69) is 0 Å². The van der Waals surface area contributed by atoms with E-state index in [1.54, 1.807) is 0 Å². The first-order valence-corrected chi connectivity index (χ1v) is 5.56. The molecule has 1 rings (SSSR count). The number of amides is 1. The molecule has 94 valence electrons. The second-order valence-corrected chi connectivity index (χ2v) is 5.52. The summed E-state index contributed by atoms with van der Waals surface area (Å²) >= 11 is 0. The Balaban J connectivity index is 2.58. The monoisotopic (exact) mass is 234 g/mol. The van der Waals surface area contributed by atoms with Crippen LogP contribution in [0.2, 0.25) is 0 Å². The largest absolute Gasteiger partial charge is 0.341 e. The number of rotatable bonds is 1. The van der Waals surface area contributed by atoms with E-state index < -0.39 is 12.0 Å². The van der Waals surface area contributed by atoms with Gasteiger partial charge in [-0.15, -0.1) is 0 Å². The summed E-state index contributed by atoms with van der Waals surface area (Å²) in [7, 11) is 0. The van der Waals surface area contributed by atoms with E-state index in [9.17, 15) is 13.6 Å². The van der Waals surface area contributed by atoms with Gasteiger partial charge in [-0.2, -0.15) is 0 Å². The first-order chi connectivity index (χ1) is 7.13. The lowest BCUT2D eigenvalue weighted by molar-refractivity contribution is -0.140. The molecule has 1 heterocycles. The Labute approximate surface area is 95.0 Å². The fraction of sp³-hybridized carbons (Fsp3) is 0.909. The van der Waals surface area contributed by atoms with Crippen molar-refractivity contribution in [3.8, 4) is 0 Å². The molecule has 0 spiro atoms. The van der Waals surface area contributed by atoms with Gasteiger partial charge >= 0.3 is 0 Å². The average Bonchev–Trinajstić information content (AvgIpc) is 2.14. The molecule has 0 bridgehead atoms. The Morgan fingerprint density at radius 3 is 2.12 bits per heavy atom. The molecule has 0 aromatic carbocycles. The summed E-state index contributed by atoms with van der Waals surface area (Å²) in [4.78, 5) is 13.4. The lowest BCUT2D eigenvalue weighted by Gasteiger charge is -2.36. The van der Waals surface area contributed by atoms with E-state index in [1.807, 2.05) is 20.8 Å². The molecule has 16 heavy (non-hydrogen) atoms. The molecule has 1 amide bonds. The van der Waals surface area contributed by atoms with Crippen LogP contribution in [-0.4, -0.2) is 35.9 Å². The van der Waals surface area contributed by atoms with Crippen molar-refractivity contribution < 1.29 is 13.6 Å². The van der Waals surface area contributed by atoms with Gasteiger partial charge in [0, 0.05) is 25.9 Å². The third kappa shape index (κ3) is 3.14. The molecule has 0 radical (unpaired) electrons. The van der Waals surface area contributed by atoms with Gasteiger partial charge in [0.05, 0.1) is 6.04 Å². The first-order valence-electron chi connectivity index (χ1n) is 5.56. The fourth-order valence-electron chi connectivity index (χ4n) is 1.62. The molecule has 1 aliphatic rings. The van der Waals surface area contributed by atoms with Crippen LogP contribution in [0.25, 0.3) is 0 Å². The van der Waals surface area contributed by atoms with Gasteiger partial charge < -0.3 is 10.6 Å². The zero-order valence-corrected chi connectivity index (χ0v) is 10.1. The Bertz CT molecular complexity index is 264. The van der Waals surface area contributed by atoms with E-state index >= 15 is 0 Å².